The largest absolute Gasteiger partial charge is 0.378 e. The van der Waals surface area contributed by atoms with E-state index in [1.165, 1.54) is 0 Å². The van der Waals surface area contributed by atoms with Crippen LogP contribution in [0.4, 0.5) is 11.4 Å². The monoisotopic (exact) mass is 451 g/mol. The van der Waals surface area contributed by atoms with Crippen LogP contribution in [0.3, 0.4) is 0 Å². The highest BCUT2D eigenvalue weighted by Gasteiger charge is 2.15. The molecule has 2 N–H and O–H groups in total. The predicted octanol–water partition coefficient (Wildman–Crippen LogP) is 4.97. The second kappa shape index (κ2) is 9.92. The van der Waals surface area contributed by atoms with E-state index in [-0.39, 0.29) is 11.0 Å². The number of ether oxygens (including phenoxy) is 1. The Balaban J connectivity index is 1.36. The highest BCUT2D eigenvalue weighted by Crippen LogP contribution is 2.29. The Kier molecular flexibility index (Phi) is 6.82. The number of amides is 1. The minimum Gasteiger partial charge on any atom is -0.378 e. The van der Waals surface area contributed by atoms with Gasteiger partial charge in [0, 0.05) is 24.3 Å². The lowest BCUT2D eigenvalue weighted by molar-refractivity contribution is 0.0977. The lowest BCUT2D eigenvalue weighted by atomic mass is 10.0. The molecule has 5 nitrogen and oxygen atoms in total. The highest BCUT2D eigenvalue weighted by atomic mass is 35.5. The van der Waals surface area contributed by atoms with Crippen molar-refractivity contribution in [2.24, 2.45) is 0 Å². The second-order valence-electron chi connectivity index (χ2n) is 7.12. The number of thiocarbonyl (C=S) groups is 1. The van der Waals surface area contributed by atoms with Crippen LogP contribution in [0.25, 0.3) is 11.1 Å². The van der Waals surface area contributed by atoms with Gasteiger partial charge in [-0.25, -0.2) is 0 Å². The standard InChI is InChI=1S/C24H22ClN3O2S/c25-21-16-20(10-11-22(21)28-12-14-30-15-13-28)26-24(31)27-23(29)19-8-6-18(7-9-19)17-4-2-1-3-5-17/h1-11,16H,12-15H2,(H2,26,27,29,31). The normalized spacial score (nSPS) is 13.5. The van der Waals surface area contributed by atoms with E-state index in [9.17, 15) is 4.79 Å². The first kappa shape index (κ1) is 21.3. The van der Waals surface area contributed by atoms with Crippen LogP contribution in [0.1, 0.15) is 10.4 Å². The zero-order valence-electron chi connectivity index (χ0n) is 16.8. The molecule has 1 saturated heterocycles. The zero-order chi connectivity index (χ0) is 21.6. The van der Waals surface area contributed by atoms with Crippen molar-refractivity contribution in [3.05, 3.63) is 83.4 Å². The fourth-order valence-corrected chi connectivity index (χ4v) is 3.94. The first-order chi connectivity index (χ1) is 15.1. The topological polar surface area (TPSA) is 53.6 Å². The molecule has 31 heavy (non-hydrogen) atoms. The van der Waals surface area contributed by atoms with Crippen LogP contribution >= 0.6 is 23.8 Å². The second-order valence-corrected chi connectivity index (χ2v) is 7.93. The molecular formula is C24H22ClN3O2S. The lowest BCUT2D eigenvalue weighted by Gasteiger charge is -2.29. The summed E-state index contributed by atoms with van der Waals surface area (Å²) >= 11 is 11.8. The summed E-state index contributed by atoms with van der Waals surface area (Å²) in [7, 11) is 0. The maximum atomic E-state index is 12.5. The molecule has 3 aromatic rings. The number of hydrogen-bond donors (Lipinski definition) is 2. The Labute approximate surface area is 192 Å². The maximum absolute atomic E-state index is 12.5. The zero-order valence-corrected chi connectivity index (χ0v) is 18.4. The molecule has 0 spiro atoms. The molecule has 1 heterocycles. The molecule has 1 amide bonds. The highest BCUT2D eigenvalue weighted by molar-refractivity contribution is 7.80. The third kappa shape index (κ3) is 5.41. The van der Waals surface area contributed by atoms with Gasteiger partial charge in [0.2, 0.25) is 0 Å². The summed E-state index contributed by atoms with van der Waals surface area (Å²) in [5.74, 6) is -0.270. The Hall–Kier alpha value is -2.93. The van der Waals surface area contributed by atoms with Gasteiger partial charge >= 0.3 is 0 Å². The van der Waals surface area contributed by atoms with Gasteiger partial charge in [-0.1, -0.05) is 54.1 Å². The van der Waals surface area contributed by atoms with Crippen molar-refractivity contribution in [3.63, 3.8) is 0 Å². The molecule has 0 aliphatic carbocycles. The van der Waals surface area contributed by atoms with E-state index in [2.05, 4.69) is 15.5 Å². The number of hydrogen-bond acceptors (Lipinski definition) is 4. The molecule has 0 atom stereocenters. The van der Waals surface area contributed by atoms with Crippen LogP contribution in [0, 0.1) is 0 Å². The van der Waals surface area contributed by atoms with Gasteiger partial charge in [-0.2, -0.15) is 0 Å². The third-order valence-electron chi connectivity index (χ3n) is 5.04. The summed E-state index contributed by atoms with van der Waals surface area (Å²) < 4.78 is 5.39. The lowest BCUT2D eigenvalue weighted by Crippen LogP contribution is -2.36. The molecule has 0 saturated carbocycles. The van der Waals surface area contributed by atoms with E-state index in [0.717, 1.165) is 29.9 Å². The van der Waals surface area contributed by atoms with Gasteiger partial charge in [0.25, 0.3) is 5.91 Å². The molecule has 0 unspecified atom stereocenters. The molecule has 158 valence electrons. The molecule has 0 aromatic heterocycles. The van der Waals surface area contributed by atoms with E-state index < -0.39 is 0 Å². The smallest absolute Gasteiger partial charge is 0.257 e. The van der Waals surface area contributed by atoms with Crippen LogP contribution in [0.2, 0.25) is 5.02 Å². The van der Waals surface area contributed by atoms with Gasteiger partial charge in [0.15, 0.2) is 5.11 Å². The molecule has 1 aliphatic heterocycles. The average Bonchev–Trinajstić information content (AvgIpc) is 2.80. The molecule has 4 rings (SSSR count). The Morgan fingerprint density at radius 2 is 1.61 bits per heavy atom. The molecule has 1 fully saturated rings. The van der Waals surface area contributed by atoms with Crippen LogP contribution < -0.4 is 15.5 Å². The molecule has 3 aromatic carbocycles. The minimum absolute atomic E-state index is 0.215. The van der Waals surface area contributed by atoms with Crippen LogP contribution in [-0.4, -0.2) is 37.3 Å². The summed E-state index contributed by atoms with van der Waals surface area (Å²) in [5, 5.41) is 6.57. The van der Waals surface area contributed by atoms with Crippen molar-refractivity contribution >= 4 is 46.2 Å². The molecule has 7 heteroatoms. The van der Waals surface area contributed by atoms with Gasteiger partial charge in [-0.15, -0.1) is 0 Å². The fourth-order valence-electron chi connectivity index (χ4n) is 3.43. The number of carbonyl (C=O) groups is 1. The van der Waals surface area contributed by atoms with Gasteiger partial charge in [-0.3, -0.25) is 10.1 Å². The molecule has 1 aliphatic rings. The predicted molar refractivity (Wildman–Crippen MR) is 130 cm³/mol. The molecular weight excluding hydrogens is 430 g/mol. The number of rotatable bonds is 4. The van der Waals surface area contributed by atoms with Crippen LogP contribution in [0.5, 0.6) is 0 Å². The van der Waals surface area contributed by atoms with Crippen molar-refractivity contribution in [2.75, 3.05) is 36.5 Å². The van der Waals surface area contributed by atoms with Crippen molar-refractivity contribution in [2.45, 2.75) is 0 Å². The van der Waals surface area contributed by atoms with Crippen molar-refractivity contribution in [3.8, 4) is 11.1 Å². The van der Waals surface area contributed by atoms with Gasteiger partial charge in [0.1, 0.15) is 0 Å². The maximum Gasteiger partial charge on any atom is 0.257 e. The fraction of sp³-hybridized carbons (Fsp3) is 0.167. The third-order valence-corrected chi connectivity index (χ3v) is 5.55. The number of benzene rings is 3. The van der Waals surface area contributed by atoms with Gasteiger partial charge in [-0.05, 0) is 53.7 Å². The van der Waals surface area contributed by atoms with E-state index >= 15 is 0 Å². The van der Waals surface area contributed by atoms with Crippen molar-refractivity contribution in [1.82, 2.24) is 5.32 Å². The first-order valence-electron chi connectivity index (χ1n) is 10.0. The van der Waals surface area contributed by atoms with Crippen molar-refractivity contribution in [1.29, 1.82) is 0 Å². The minimum atomic E-state index is -0.270. The number of morpholine rings is 1. The summed E-state index contributed by atoms with van der Waals surface area (Å²) in [4.78, 5) is 14.7. The van der Waals surface area contributed by atoms with Crippen LogP contribution in [0.15, 0.2) is 72.8 Å². The Morgan fingerprint density at radius 1 is 0.935 bits per heavy atom. The Bertz CT molecular complexity index is 1070. The number of nitrogens with one attached hydrogen (secondary N) is 2. The van der Waals surface area contributed by atoms with Crippen molar-refractivity contribution < 1.29 is 9.53 Å². The van der Waals surface area contributed by atoms with E-state index in [4.69, 9.17) is 28.6 Å². The summed E-state index contributed by atoms with van der Waals surface area (Å²) in [6, 6.07) is 23.1. The van der Waals surface area contributed by atoms with Crippen LogP contribution in [-0.2, 0) is 4.74 Å². The number of carbonyl (C=O) groups excluding carboxylic acids is 1. The number of nitrogens with zero attached hydrogens (tertiary/aromatic N) is 1. The molecule has 0 bridgehead atoms. The molecule has 0 radical (unpaired) electrons. The van der Waals surface area contributed by atoms with Gasteiger partial charge < -0.3 is 15.0 Å². The summed E-state index contributed by atoms with van der Waals surface area (Å²) in [5.41, 5.74) is 4.36. The number of halogens is 1. The summed E-state index contributed by atoms with van der Waals surface area (Å²) in [6.07, 6.45) is 0. The Morgan fingerprint density at radius 3 is 2.29 bits per heavy atom. The number of anilines is 2. The quantitative estimate of drug-likeness (QED) is 0.548. The average molecular weight is 452 g/mol. The summed E-state index contributed by atoms with van der Waals surface area (Å²) in [6.45, 7) is 3.01. The van der Waals surface area contributed by atoms with Gasteiger partial charge in [0.05, 0.1) is 23.9 Å². The van der Waals surface area contributed by atoms with E-state index in [1.807, 2.05) is 54.6 Å². The first-order valence-corrected chi connectivity index (χ1v) is 10.8. The van der Waals surface area contributed by atoms with E-state index in [1.54, 1.807) is 18.2 Å². The van der Waals surface area contributed by atoms with E-state index in [0.29, 0.717) is 29.5 Å². The SMILES string of the molecule is O=C(NC(=S)Nc1ccc(N2CCOCC2)c(Cl)c1)c1ccc(-c2ccccc2)cc1.